The van der Waals surface area contributed by atoms with Crippen LogP contribution in [0.3, 0.4) is 0 Å². The van der Waals surface area contributed by atoms with Gasteiger partial charge in [0.25, 0.3) is 0 Å². The number of carboxylic acid groups (broad SMARTS) is 1. The lowest BCUT2D eigenvalue weighted by Crippen LogP contribution is -2.17. The molecule has 0 heterocycles. The molecule has 1 aromatic carbocycles. The molecule has 5 heteroatoms. The van der Waals surface area contributed by atoms with Crippen molar-refractivity contribution in [2.24, 2.45) is 0 Å². The van der Waals surface area contributed by atoms with E-state index in [0.29, 0.717) is 31.9 Å². The molecule has 0 radical (unpaired) electrons. The highest BCUT2D eigenvalue weighted by Gasteiger charge is 2.02. The summed E-state index contributed by atoms with van der Waals surface area (Å²) in [6.07, 6.45) is 0.919. The molecular formula is C14H21NO4. The number of benzene rings is 1. The summed E-state index contributed by atoms with van der Waals surface area (Å²) in [5.74, 6) is -0.895. The molecule has 0 aliphatic rings. The third-order valence-corrected chi connectivity index (χ3v) is 2.58. The van der Waals surface area contributed by atoms with Crippen molar-refractivity contribution < 1.29 is 19.4 Å². The molecule has 0 aromatic heterocycles. The van der Waals surface area contributed by atoms with E-state index in [0.717, 1.165) is 18.5 Å². The third-order valence-electron chi connectivity index (χ3n) is 2.58. The smallest absolute Gasteiger partial charge is 0.335 e. The average molecular weight is 267 g/mol. The molecule has 5 nitrogen and oxygen atoms in total. The molecule has 0 amide bonds. The molecule has 1 rings (SSSR count). The zero-order valence-corrected chi connectivity index (χ0v) is 11.2. The van der Waals surface area contributed by atoms with Gasteiger partial charge in [-0.2, -0.15) is 0 Å². The molecule has 0 saturated heterocycles. The van der Waals surface area contributed by atoms with Gasteiger partial charge in [0.2, 0.25) is 0 Å². The summed E-state index contributed by atoms with van der Waals surface area (Å²) in [6.45, 7) is 3.45. The van der Waals surface area contributed by atoms with Crippen LogP contribution in [-0.4, -0.2) is 44.6 Å². The van der Waals surface area contributed by atoms with Crippen molar-refractivity contribution in [3.63, 3.8) is 0 Å². The molecule has 0 bridgehead atoms. The number of hydrogen-bond acceptors (Lipinski definition) is 4. The van der Waals surface area contributed by atoms with Crippen LogP contribution in [-0.2, 0) is 16.0 Å². The molecule has 0 atom stereocenters. The lowest BCUT2D eigenvalue weighted by atomic mass is 10.1. The van der Waals surface area contributed by atoms with Crippen LogP contribution in [0.1, 0.15) is 22.3 Å². The van der Waals surface area contributed by atoms with E-state index in [1.54, 1.807) is 25.3 Å². The summed E-state index contributed by atoms with van der Waals surface area (Å²) in [5.41, 5.74) is 1.29. The molecule has 1 aromatic rings. The molecule has 0 spiro atoms. The second-order valence-corrected chi connectivity index (χ2v) is 4.14. The molecule has 0 fully saturated rings. The minimum atomic E-state index is -0.895. The molecule has 0 unspecified atom stereocenters. The van der Waals surface area contributed by atoms with Crippen LogP contribution in [0.2, 0.25) is 0 Å². The maximum absolute atomic E-state index is 10.8. The van der Waals surface area contributed by atoms with E-state index in [1.807, 2.05) is 6.07 Å². The third kappa shape index (κ3) is 6.91. The van der Waals surface area contributed by atoms with E-state index in [-0.39, 0.29) is 0 Å². The number of aromatic carboxylic acids is 1. The summed E-state index contributed by atoms with van der Waals surface area (Å²) in [4.78, 5) is 10.8. The Morgan fingerprint density at radius 3 is 2.89 bits per heavy atom. The molecule has 0 saturated carbocycles. The average Bonchev–Trinajstić information content (AvgIpc) is 2.42. The lowest BCUT2D eigenvalue weighted by molar-refractivity contribution is 0.0695. The fourth-order valence-corrected chi connectivity index (χ4v) is 1.59. The fraction of sp³-hybridized carbons (Fsp3) is 0.500. The fourth-order valence-electron chi connectivity index (χ4n) is 1.59. The molecule has 0 aliphatic heterocycles. The van der Waals surface area contributed by atoms with Gasteiger partial charge < -0.3 is 19.9 Å². The quantitative estimate of drug-likeness (QED) is 0.629. The minimum absolute atomic E-state index is 0.321. The Labute approximate surface area is 113 Å². The maximum Gasteiger partial charge on any atom is 0.335 e. The maximum atomic E-state index is 10.8. The normalized spacial score (nSPS) is 10.6. The molecular weight excluding hydrogens is 246 g/mol. The van der Waals surface area contributed by atoms with E-state index in [9.17, 15) is 4.79 Å². The van der Waals surface area contributed by atoms with Crippen LogP contribution in [0, 0.1) is 0 Å². The van der Waals surface area contributed by atoms with Gasteiger partial charge in [-0.25, -0.2) is 4.79 Å². The Hall–Kier alpha value is -1.43. The number of nitrogens with one attached hydrogen (secondary N) is 1. The molecule has 2 N–H and O–H groups in total. The lowest BCUT2D eigenvalue weighted by Gasteiger charge is -2.06. The Morgan fingerprint density at radius 1 is 1.32 bits per heavy atom. The van der Waals surface area contributed by atoms with Gasteiger partial charge in [-0.3, -0.25) is 0 Å². The molecule has 19 heavy (non-hydrogen) atoms. The first-order valence-electron chi connectivity index (χ1n) is 6.33. The topological polar surface area (TPSA) is 67.8 Å². The number of rotatable bonds is 10. The summed E-state index contributed by atoms with van der Waals surface area (Å²) in [5, 5.41) is 12.1. The zero-order chi connectivity index (χ0) is 13.9. The SMILES string of the molecule is COCCOCCCNCc1cccc(C(=O)O)c1. The minimum Gasteiger partial charge on any atom is -0.478 e. The first-order chi connectivity index (χ1) is 9.24. The Morgan fingerprint density at radius 2 is 2.16 bits per heavy atom. The Balaban J connectivity index is 2.12. The largest absolute Gasteiger partial charge is 0.478 e. The van der Waals surface area contributed by atoms with Gasteiger partial charge in [-0.05, 0) is 30.7 Å². The number of carbonyl (C=O) groups is 1. The number of hydrogen-bond donors (Lipinski definition) is 2. The highest BCUT2D eigenvalue weighted by atomic mass is 16.5. The number of methoxy groups -OCH3 is 1. The van der Waals surface area contributed by atoms with Gasteiger partial charge in [0.1, 0.15) is 0 Å². The van der Waals surface area contributed by atoms with Crippen molar-refractivity contribution >= 4 is 5.97 Å². The van der Waals surface area contributed by atoms with Crippen LogP contribution in [0.5, 0.6) is 0 Å². The van der Waals surface area contributed by atoms with Crippen molar-refractivity contribution in [3.05, 3.63) is 35.4 Å². The van der Waals surface area contributed by atoms with E-state index < -0.39 is 5.97 Å². The second-order valence-electron chi connectivity index (χ2n) is 4.14. The first-order valence-corrected chi connectivity index (χ1v) is 6.33. The van der Waals surface area contributed by atoms with E-state index in [1.165, 1.54) is 0 Å². The monoisotopic (exact) mass is 267 g/mol. The predicted molar refractivity (Wildman–Crippen MR) is 72.4 cm³/mol. The van der Waals surface area contributed by atoms with Gasteiger partial charge in [0, 0.05) is 20.3 Å². The molecule has 106 valence electrons. The summed E-state index contributed by atoms with van der Waals surface area (Å²) in [6, 6.07) is 6.95. The van der Waals surface area contributed by atoms with Crippen molar-refractivity contribution in [1.82, 2.24) is 5.32 Å². The Bertz CT molecular complexity index is 381. The van der Waals surface area contributed by atoms with Crippen molar-refractivity contribution in [2.75, 3.05) is 33.5 Å². The predicted octanol–water partition coefficient (Wildman–Crippen LogP) is 1.53. The summed E-state index contributed by atoms with van der Waals surface area (Å²) in [7, 11) is 1.65. The van der Waals surface area contributed by atoms with Gasteiger partial charge in [0.05, 0.1) is 18.8 Å². The van der Waals surface area contributed by atoms with Crippen LogP contribution >= 0.6 is 0 Å². The second kappa shape index (κ2) is 9.49. The van der Waals surface area contributed by atoms with Crippen LogP contribution < -0.4 is 5.32 Å². The van der Waals surface area contributed by atoms with Crippen molar-refractivity contribution in [3.8, 4) is 0 Å². The van der Waals surface area contributed by atoms with Crippen LogP contribution in [0.15, 0.2) is 24.3 Å². The van der Waals surface area contributed by atoms with E-state index in [4.69, 9.17) is 14.6 Å². The molecule has 0 aliphatic carbocycles. The van der Waals surface area contributed by atoms with Crippen LogP contribution in [0.4, 0.5) is 0 Å². The zero-order valence-electron chi connectivity index (χ0n) is 11.2. The first kappa shape index (κ1) is 15.6. The summed E-state index contributed by atoms with van der Waals surface area (Å²) < 4.78 is 10.2. The van der Waals surface area contributed by atoms with Gasteiger partial charge in [-0.15, -0.1) is 0 Å². The number of ether oxygens (including phenoxy) is 2. The highest BCUT2D eigenvalue weighted by Crippen LogP contribution is 2.04. The van der Waals surface area contributed by atoms with Gasteiger partial charge >= 0.3 is 5.97 Å². The van der Waals surface area contributed by atoms with E-state index >= 15 is 0 Å². The Kier molecular flexibility index (Phi) is 7.81. The standard InChI is InChI=1S/C14H21NO4/c1-18-8-9-19-7-3-6-15-11-12-4-2-5-13(10-12)14(16)17/h2,4-5,10,15H,3,6-9,11H2,1H3,(H,16,17). The van der Waals surface area contributed by atoms with Gasteiger partial charge in [0.15, 0.2) is 0 Å². The van der Waals surface area contributed by atoms with Crippen LogP contribution in [0.25, 0.3) is 0 Å². The van der Waals surface area contributed by atoms with Crippen molar-refractivity contribution in [1.29, 1.82) is 0 Å². The summed E-state index contributed by atoms with van der Waals surface area (Å²) >= 11 is 0. The van der Waals surface area contributed by atoms with Gasteiger partial charge in [-0.1, -0.05) is 12.1 Å². The number of carboxylic acids is 1. The van der Waals surface area contributed by atoms with E-state index in [2.05, 4.69) is 5.32 Å². The highest BCUT2D eigenvalue weighted by molar-refractivity contribution is 5.87. The van der Waals surface area contributed by atoms with Crippen molar-refractivity contribution in [2.45, 2.75) is 13.0 Å².